The van der Waals surface area contributed by atoms with Crippen molar-refractivity contribution in [3.8, 4) is 0 Å². The summed E-state index contributed by atoms with van der Waals surface area (Å²) in [6.45, 7) is 0. The number of benzene rings is 1. The molecule has 0 N–H and O–H groups in total. The second-order valence-corrected chi connectivity index (χ2v) is 3.88. The van der Waals surface area contributed by atoms with Crippen molar-refractivity contribution in [2.24, 2.45) is 5.92 Å². The van der Waals surface area contributed by atoms with Crippen LogP contribution in [0.4, 0.5) is 0 Å². The van der Waals surface area contributed by atoms with Gasteiger partial charge in [-0.05, 0) is 24.3 Å². The van der Waals surface area contributed by atoms with Crippen molar-refractivity contribution in [1.82, 2.24) is 0 Å². The lowest BCUT2D eigenvalue weighted by Crippen LogP contribution is -2.06. The van der Waals surface area contributed by atoms with Crippen LogP contribution in [0.1, 0.15) is 37.4 Å². The minimum absolute atomic E-state index is 0.391. The van der Waals surface area contributed by atoms with Gasteiger partial charge in [-0.15, -0.1) is 0 Å². The maximum atomic E-state index is 11.9. The molecule has 0 aromatic heterocycles. The van der Waals surface area contributed by atoms with Crippen LogP contribution in [-0.2, 0) is 5.11 Å². The van der Waals surface area contributed by atoms with Gasteiger partial charge in [0.05, 0.1) is 0 Å². The number of hydrogen-bond acceptors (Lipinski definition) is 0. The van der Waals surface area contributed by atoms with E-state index in [4.69, 9.17) is 0 Å². The molecule has 1 aliphatic rings. The summed E-state index contributed by atoms with van der Waals surface area (Å²) in [6, 6.07) is 9.78. The molecule has 0 aliphatic heterocycles. The average molecular weight is 175 g/mol. The zero-order valence-electron chi connectivity index (χ0n) is 7.78. The molecule has 0 heterocycles. The maximum Gasteiger partial charge on any atom is 0.121 e. The molecule has 1 heteroatoms. The van der Waals surface area contributed by atoms with Crippen LogP contribution >= 0.6 is 0 Å². The molecule has 1 saturated carbocycles. The van der Waals surface area contributed by atoms with Gasteiger partial charge in [-0.1, -0.05) is 43.2 Å². The predicted molar refractivity (Wildman–Crippen MR) is 51.8 cm³/mol. The molecule has 1 fully saturated rings. The van der Waals surface area contributed by atoms with Gasteiger partial charge in [-0.25, -0.2) is 5.11 Å². The topological polar surface area (TPSA) is 19.9 Å². The van der Waals surface area contributed by atoms with E-state index in [1.54, 1.807) is 0 Å². The standard InChI is InChI=1S/C12H15O/c13-12(11-8-4-5-9-11)10-6-2-1-3-7-10/h1-3,6-7,11-12H,4-5,8-9H2. The Labute approximate surface area is 79.4 Å². The SMILES string of the molecule is [O]C(c1ccccc1)C1CCCC1. The van der Waals surface area contributed by atoms with Gasteiger partial charge in [0.2, 0.25) is 0 Å². The van der Waals surface area contributed by atoms with Gasteiger partial charge >= 0.3 is 0 Å². The van der Waals surface area contributed by atoms with E-state index in [2.05, 4.69) is 0 Å². The largest absolute Gasteiger partial charge is 0.228 e. The van der Waals surface area contributed by atoms with E-state index < -0.39 is 6.10 Å². The summed E-state index contributed by atoms with van der Waals surface area (Å²) in [4.78, 5) is 0. The first kappa shape index (κ1) is 8.76. The summed E-state index contributed by atoms with van der Waals surface area (Å²) < 4.78 is 0. The van der Waals surface area contributed by atoms with E-state index >= 15 is 0 Å². The Balaban J connectivity index is 2.08. The Morgan fingerprint density at radius 3 is 2.31 bits per heavy atom. The smallest absolute Gasteiger partial charge is 0.121 e. The second-order valence-electron chi connectivity index (χ2n) is 3.88. The molecule has 1 aromatic carbocycles. The average Bonchev–Trinajstić information content (AvgIpc) is 2.71. The molecule has 0 bridgehead atoms. The van der Waals surface area contributed by atoms with Gasteiger partial charge in [0.1, 0.15) is 6.10 Å². The minimum Gasteiger partial charge on any atom is -0.228 e. The lowest BCUT2D eigenvalue weighted by Gasteiger charge is -2.15. The molecular weight excluding hydrogens is 160 g/mol. The third-order valence-corrected chi connectivity index (χ3v) is 2.96. The molecular formula is C12H15O. The monoisotopic (exact) mass is 175 g/mol. The van der Waals surface area contributed by atoms with Gasteiger partial charge in [0.25, 0.3) is 0 Å². The predicted octanol–water partition coefficient (Wildman–Crippen LogP) is 3.35. The fourth-order valence-corrected chi connectivity index (χ4v) is 2.18. The van der Waals surface area contributed by atoms with Crippen molar-refractivity contribution >= 4 is 0 Å². The summed E-state index contributed by atoms with van der Waals surface area (Å²) in [5.41, 5.74) is 0.967. The van der Waals surface area contributed by atoms with Gasteiger partial charge in [0.15, 0.2) is 0 Å². The van der Waals surface area contributed by atoms with E-state index in [1.165, 1.54) is 12.8 Å². The summed E-state index contributed by atoms with van der Waals surface area (Å²) in [5.74, 6) is 0.391. The normalized spacial score (nSPS) is 20.4. The highest BCUT2D eigenvalue weighted by Gasteiger charge is 2.25. The van der Waals surface area contributed by atoms with Crippen LogP contribution < -0.4 is 0 Å². The fraction of sp³-hybridized carbons (Fsp3) is 0.500. The van der Waals surface area contributed by atoms with E-state index in [1.807, 2.05) is 30.3 Å². The Hall–Kier alpha value is -0.820. The van der Waals surface area contributed by atoms with Crippen molar-refractivity contribution in [1.29, 1.82) is 0 Å². The molecule has 1 unspecified atom stereocenters. The summed E-state index contributed by atoms with van der Waals surface area (Å²) in [5, 5.41) is 11.9. The molecule has 13 heavy (non-hydrogen) atoms. The maximum absolute atomic E-state index is 11.9. The Morgan fingerprint density at radius 2 is 1.69 bits per heavy atom. The second kappa shape index (κ2) is 3.93. The quantitative estimate of drug-likeness (QED) is 0.657. The van der Waals surface area contributed by atoms with Gasteiger partial charge < -0.3 is 0 Å². The third kappa shape index (κ3) is 1.92. The van der Waals surface area contributed by atoms with Crippen LogP contribution in [0.15, 0.2) is 30.3 Å². The van der Waals surface area contributed by atoms with Crippen molar-refractivity contribution in [3.63, 3.8) is 0 Å². The Morgan fingerprint density at radius 1 is 1.08 bits per heavy atom. The van der Waals surface area contributed by atoms with Crippen LogP contribution in [0.25, 0.3) is 0 Å². The van der Waals surface area contributed by atoms with Crippen LogP contribution in [0, 0.1) is 5.92 Å². The minimum atomic E-state index is -0.483. The molecule has 2 rings (SSSR count). The van der Waals surface area contributed by atoms with Gasteiger partial charge in [-0.3, -0.25) is 0 Å². The first-order chi connectivity index (χ1) is 6.38. The highest BCUT2D eigenvalue weighted by molar-refractivity contribution is 5.18. The molecule has 0 saturated heterocycles. The Kier molecular flexibility index (Phi) is 2.65. The van der Waals surface area contributed by atoms with Crippen LogP contribution in [0.5, 0.6) is 0 Å². The van der Waals surface area contributed by atoms with Crippen LogP contribution in [-0.4, -0.2) is 0 Å². The zero-order valence-corrected chi connectivity index (χ0v) is 7.78. The van der Waals surface area contributed by atoms with Crippen LogP contribution in [0.3, 0.4) is 0 Å². The molecule has 1 atom stereocenters. The van der Waals surface area contributed by atoms with E-state index in [0.29, 0.717) is 5.92 Å². The number of rotatable bonds is 2. The van der Waals surface area contributed by atoms with E-state index in [-0.39, 0.29) is 0 Å². The van der Waals surface area contributed by atoms with E-state index in [0.717, 1.165) is 18.4 Å². The molecule has 1 radical (unpaired) electrons. The Bertz CT molecular complexity index is 249. The molecule has 69 valence electrons. The molecule has 1 nitrogen and oxygen atoms in total. The summed E-state index contributed by atoms with van der Waals surface area (Å²) in [6.07, 6.45) is 4.27. The lowest BCUT2D eigenvalue weighted by molar-refractivity contribution is 0.0376. The van der Waals surface area contributed by atoms with Gasteiger partial charge in [-0.2, -0.15) is 0 Å². The first-order valence-electron chi connectivity index (χ1n) is 5.08. The van der Waals surface area contributed by atoms with Crippen LogP contribution in [0.2, 0.25) is 0 Å². The molecule has 1 aromatic rings. The first-order valence-corrected chi connectivity index (χ1v) is 5.08. The number of hydrogen-bond donors (Lipinski definition) is 0. The van der Waals surface area contributed by atoms with Crippen molar-refractivity contribution < 1.29 is 5.11 Å². The van der Waals surface area contributed by atoms with Gasteiger partial charge in [0, 0.05) is 0 Å². The highest BCUT2D eigenvalue weighted by Crippen LogP contribution is 2.35. The lowest BCUT2D eigenvalue weighted by atomic mass is 9.95. The van der Waals surface area contributed by atoms with Crippen molar-refractivity contribution in [3.05, 3.63) is 35.9 Å². The van der Waals surface area contributed by atoms with E-state index in [9.17, 15) is 5.11 Å². The molecule has 0 spiro atoms. The summed E-state index contributed by atoms with van der Waals surface area (Å²) >= 11 is 0. The highest BCUT2D eigenvalue weighted by atomic mass is 16.3. The van der Waals surface area contributed by atoms with Crippen molar-refractivity contribution in [2.75, 3.05) is 0 Å². The zero-order chi connectivity index (χ0) is 9.10. The van der Waals surface area contributed by atoms with Crippen molar-refractivity contribution in [2.45, 2.75) is 31.8 Å². The third-order valence-electron chi connectivity index (χ3n) is 2.96. The molecule has 0 amide bonds. The fourth-order valence-electron chi connectivity index (χ4n) is 2.18. The summed E-state index contributed by atoms with van der Waals surface area (Å²) in [7, 11) is 0. The molecule has 1 aliphatic carbocycles.